The van der Waals surface area contributed by atoms with Crippen molar-refractivity contribution in [1.29, 1.82) is 0 Å². The van der Waals surface area contributed by atoms with Gasteiger partial charge in [0.05, 0.1) is 18.9 Å². The molecule has 1 fully saturated rings. The summed E-state index contributed by atoms with van der Waals surface area (Å²) in [5, 5.41) is 0. The van der Waals surface area contributed by atoms with E-state index in [9.17, 15) is 4.79 Å². The first-order valence-electron chi connectivity index (χ1n) is 10.6. The van der Waals surface area contributed by atoms with Crippen LogP contribution in [0, 0.1) is 0 Å². The topological polar surface area (TPSA) is 32.8 Å². The molecular weight excluding hydrogens is 404 g/mol. The van der Waals surface area contributed by atoms with Crippen LogP contribution in [0.2, 0.25) is 0 Å². The van der Waals surface area contributed by atoms with Gasteiger partial charge in [-0.2, -0.15) is 0 Å². The summed E-state index contributed by atoms with van der Waals surface area (Å²) in [5.41, 5.74) is 2.58. The summed E-state index contributed by atoms with van der Waals surface area (Å²) in [5.74, 6) is 1.44. The van der Waals surface area contributed by atoms with Gasteiger partial charge in [-0.25, -0.2) is 0 Å². The fourth-order valence-corrected chi connectivity index (χ4v) is 5.01. The number of rotatable bonds is 7. The highest BCUT2D eigenvalue weighted by molar-refractivity contribution is 8.00. The van der Waals surface area contributed by atoms with Crippen molar-refractivity contribution in [2.45, 2.75) is 10.9 Å². The van der Waals surface area contributed by atoms with Crippen molar-refractivity contribution < 1.29 is 9.53 Å². The van der Waals surface area contributed by atoms with Gasteiger partial charge in [-0.1, -0.05) is 72.8 Å². The van der Waals surface area contributed by atoms with E-state index in [-0.39, 0.29) is 11.9 Å². The molecule has 0 aromatic heterocycles. The minimum Gasteiger partial charge on any atom is -0.496 e. The van der Waals surface area contributed by atoms with Crippen LogP contribution >= 0.6 is 11.8 Å². The maximum absolute atomic E-state index is 12.8. The third-order valence-corrected chi connectivity index (χ3v) is 6.72. The highest BCUT2D eigenvalue weighted by Crippen LogP contribution is 2.31. The summed E-state index contributed by atoms with van der Waals surface area (Å²) in [4.78, 5) is 18.3. The van der Waals surface area contributed by atoms with E-state index in [1.54, 1.807) is 18.9 Å². The highest BCUT2D eigenvalue weighted by atomic mass is 32.2. The Morgan fingerprint density at radius 1 is 0.839 bits per heavy atom. The van der Waals surface area contributed by atoms with Gasteiger partial charge in [0.1, 0.15) is 5.75 Å². The molecule has 160 valence electrons. The van der Waals surface area contributed by atoms with E-state index < -0.39 is 0 Å². The SMILES string of the molecule is COc1ccccc1SCC(=O)N1CCN(C(c2ccccc2)c2ccccc2)CC1. The molecule has 0 N–H and O–H groups in total. The predicted octanol–water partition coefficient (Wildman–Crippen LogP) is 4.72. The van der Waals surface area contributed by atoms with Gasteiger partial charge in [-0.05, 0) is 23.3 Å². The molecule has 1 aliphatic rings. The van der Waals surface area contributed by atoms with Crippen molar-refractivity contribution in [3.63, 3.8) is 0 Å². The zero-order valence-corrected chi connectivity index (χ0v) is 18.6. The van der Waals surface area contributed by atoms with Crippen LogP contribution in [0.15, 0.2) is 89.8 Å². The number of carbonyl (C=O) groups excluding carboxylic acids is 1. The van der Waals surface area contributed by atoms with Crippen LogP contribution < -0.4 is 4.74 Å². The number of ether oxygens (including phenoxy) is 1. The van der Waals surface area contributed by atoms with Gasteiger partial charge in [-0.15, -0.1) is 11.8 Å². The van der Waals surface area contributed by atoms with Crippen molar-refractivity contribution in [2.24, 2.45) is 0 Å². The Balaban J connectivity index is 1.39. The molecule has 1 aliphatic heterocycles. The minimum atomic E-state index is 0.187. The zero-order valence-electron chi connectivity index (χ0n) is 17.8. The van der Waals surface area contributed by atoms with E-state index in [1.165, 1.54) is 11.1 Å². The number of carbonyl (C=O) groups is 1. The van der Waals surface area contributed by atoms with Gasteiger partial charge < -0.3 is 9.64 Å². The summed E-state index contributed by atoms with van der Waals surface area (Å²) in [7, 11) is 1.66. The molecule has 0 saturated carbocycles. The lowest BCUT2D eigenvalue weighted by molar-refractivity contribution is -0.130. The molecule has 0 aliphatic carbocycles. The van der Waals surface area contributed by atoms with Crippen molar-refractivity contribution in [2.75, 3.05) is 39.0 Å². The van der Waals surface area contributed by atoms with Crippen LogP contribution in [-0.4, -0.2) is 54.7 Å². The first-order valence-corrected chi connectivity index (χ1v) is 11.6. The second-order valence-corrected chi connectivity index (χ2v) is 8.60. The molecule has 1 heterocycles. The quantitative estimate of drug-likeness (QED) is 0.506. The Kier molecular flexibility index (Phi) is 7.28. The molecule has 0 bridgehead atoms. The molecule has 0 radical (unpaired) electrons. The number of thioether (sulfide) groups is 1. The summed E-state index contributed by atoms with van der Waals surface area (Å²) >= 11 is 1.54. The fourth-order valence-electron chi connectivity index (χ4n) is 4.08. The van der Waals surface area contributed by atoms with Crippen LogP contribution in [0.4, 0.5) is 0 Å². The smallest absolute Gasteiger partial charge is 0.233 e. The molecule has 1 saturated heterocycles. The average molecular weight is 433 g/mol. The second kappa shape index (κ2) is 10.5. The summed E-state index contributed by atoms with van der Waals surface area (Å²) < 4.78 is 5.40. The normalized spacial score (nSPS) is 14.6. The molecular formula is C26H28N2O2S. The Hall–Kier alpha value is -2.76. The molecule has 4 rings (SSSR count). The maximum atomic E-state index is 12.8. The predicted molar refractivity (Wildman–Crippen MR) is 127 cm³/mol. The van der Waals surface area contributed by atoms with Crippen LogP contribution in [-0.2, 0) is 4.79 Å². The molecule has 0 atom stereocenters. The monoisotopic (exact) mass is 432 g/mol. The van der Waals surface area contributed by atoms with Crippen LogP contribution in [0.1, 0.15) is 17.2 Å². The third-order valence-electron chi connectivity index (χ3n) is 5.68. The number of amides is 1. The van der Waals surface area contributed by atoms with Gasteiger partial charge in [0, 0.05) is 31.1 Å². The van der Waals surface area contributed by atoms with Crippen LogP contribution in [0.25, 0.3) is 0 Å². The lowest BCUT2D eigenvalue weighted by Gasteiger charge is -2.39. The van der Waals surface area contributed by atoms with Gasteiger partial charge in [0.2, 0.25) is 5.91 Å². The van der Waals surface area contributed by atoms with E-state index in [0.29, 0.717) is 5.75 Å². The molecule has 4 nitrogen and oxygen atoms in total. The lowest BCUT2D eigenvalue weighted by atomic mass is 9.96. The summed E-state index contributed by atoms with van der Waals surface area (Å²) in [6.07, 6.45) is 0. The number of methoxy groups -OCH3 is 1. The Bertz CT molecular complexity index is 933. The van der Waals surface area contributed by atoms with E-state index in [4.69, 9.17) is 4.74 Å². The second-order valence-electron chi connectivity index (χ2n) is 7.58. The Morgan fingerprint density at radius 3 is 1.97 bits per heavy atom. The highest BCUT2D eigenvalue weighted by Gasteiger charge is 2.28. The van der Waals surface area contributed by atoms with Gasteiger partial charge in [0.25, 0.3) is 0 Å². The third kappa shape index (κ3) is 5.30. The standard InChI is InChI=1S/C26H28N2O2S/c1-30-23-14-8-9-15-24(23)31-20-25(29)27-16-18-28(19-17-27)26(21-10-4-2-5-11-21)22-12-6-3-7-13-22/h2-15,26H,16-20H2,1H3. The van der Waals surface area contributed by atoms with Crippen molar-refractivity contribution in [3.05, 3.63) is 96.1 Å². The Morgan fingerprint density at radius 2 is 1.39 bits per heavy atom. The first-order chi connectivity index (χ1) is 15.3. The molecule has 1 amide bonds. The molecule has 0 unspecified atom stereocenters. The first kappa shape index (κ1) is 21.5. The largest absolute Gasteiger partial charge is 0.496 e. The number of para-hydroxylation sites is 1. The lowest BCUT2D eigenvalue weighted by Crippen LogP contribution is -2.50. The summed E-state index contributed by atoms with van der Waals surface area (Å²) in [6, 6.07) is 29.3. The van der Waals surface area contributed by atoms with Gasteiger partial charge in [-0.3, -0.25) is 9.69 Å². The number of nitrogens with zero attached hydrogens (tertiary/aromatic N) is 2. The molecule has 3 aromatic rings. The average Bonchev–Trinajstić information content (AvgIpc) is 2.84. The van der Waals surface area contributed by atoms with Gasteiger partial charge in [0.15, 0.2) is 0 Å². The minimum absolute atomic E-state index is 0.187. The maximum Gasteiger partial charge on any atom is 0.233 e. The number of hydrogen-bond donors (Lipinski definition) is 0. The van der Waals surface area contributed by atoms with Crippen molar-refractivity contribution in [3.8, 4) is 5.75 Å². The Labute approximate surface area is 188 Å². The van der Waals surface area contributed by atoms with E-state index in [0.717, 1.165) is 36.8 Å². The summed E-state index contributed by atoms with van der Waals surface area (Å²) in [6.45, 7) is 3.22. The fraction of sp³-hybridized carbons (Fsp3) is 0.269. The van der Waals surface area contributed by atoms with Crippen LogP contribution in [0.5, 0.6) is 5.75 Å². The van der Waals surface area contributed by atoms with Gasteiger partial charge >= 0.3 is 0 Å². The van der Waals surface area contributed by atoms with E-state index >= 15 is 0 Å². The number of benzene rings is 3. The van der Waals surface area contributed by atoms with Crippen molar-refractivity contribution >= 4 is 17.7 Å². The van der Waals surface area contributed by atoms with Crippen LogP contribution in [0.3, 0.4) is 0 Å². The zero-order chi connectivity index (χ0) is 21.5. The molecule has 31 heavy (non-hydrogen) atoms. The van der Waals surface area contributed by atoms with E-state index in [1.807, 2.05) is 29.2 Å². The van der Waals surface area contributed by atoms with Crippen molar-refractivity contribution in [1.82, 2.24) is 9.80 Å². The molecule has 0 spiro atoms. The number of hydrogen-bond acceptors (Lipinski definition) is 4. The molecule has 3 aromatic carbocycles. The molecule has 5 heteroatoms. The number of piperazine rings is 1. The van der Waals surface area contributed by atoms with E-state index in [2.05, 4.69) is 65.6 Å².